The van der Waals surface area contributed by atoms with Crippen LogP contribution in [0.15, 0.2) is 97.1 Å². The molecule has 8 nitrogen and oxygen atoms in total. The lowest BCUT2D eigenvalue weighted by Gasteiger charge is -2.39. The number of amides is 2. The molecule has 0 bridgehead atoms. The summed E-state index contributed by atoms with van der Waals surface area (Å²) in [5, 5.41) is 9.61. The predicted octanol–water partition coefficient (Wildman–Crippen LogP) is 6.75. The van der Waals surface area contributed by atoms with Crippen LogP contribution in [-0.2, 0) is 22.6 Å². The topological polar surface area (TPSA) is 82.6 Å². The minimum absolute atomic E-state index is 0.0194. The molecule has 2 amide bonds. The number of aliphatic hydroxyl groups excluding tert-OH is 1. The van der Waals surface area contributed by atoms with Crippen LogP contribution in [0.4, 0.5) is 0 Å². The Hall–Kier alpha value is -4.18. The zero-order valence-electron chi connectivity index (χ0n) is 28.5. The van der Waals surface area contributed by atoms with Gasteiger partial charge in [-0.1, -0.05) is 78.9 Å². The molecule has 3 fully saturated rings. The third-order valence-corrected chi connectivity index (χ3v) is 10.9. The molecule has 0 aromatic heterocycles. The van der Waals surface area contributed by atoms with Crippen LogP contribution in [0.1, 0.15) is 87.5 Å². The molecule has 0 spiro atoms. The molecule has 4 aliphatic heterocycles. The predicted molar refractivity (Wildman–Crippen MR) is 191 cm³/mol. The van der Waals surface area contributed by atoms with Gasteiger partial charge in [-0.15, -0.1) is 0 Å². The Morgan fingerprint density at radius 3 is 2.12 bits per heavy atom. The highest BCUT2D eigenvalue weighted by molar-refractivity contribution is 6.21. The van der Waals surface area contributed by atoms with E-state index in [0.717, 1.165) is 59.4 Å². The van der Waals surface area contributed by atoms with Crippen LogP contribution >= 0.6 is 0 Å². The third-order valence-electron chi connectivity index (χ3n) is 10.9. The quantitative estimate of drug-likeness (QED) is 0.187. The number of likely N-dealkylation sites (tertiary alicyclic amines) is 2. The van der Waals surface area contributed by atoms with E-state index < -0.39 is 6.29 Å². The first-order chi connectivity index (χ1) is 24.5. The molecule has 258 valence electrons. The highest BCUT2D eigenvalue weighted by Crippen LogP contribution is 2.39. The van der Waals surface area contributed by atoms with Gasteiger partial charge in [0, 0.05) is 31.1 Å². The van der Waals surface area contributed by atoms with Crippen LogP contribution in [0.25, 0.3) is 11.1 Å². The number of nitrogens with zero attached hydrogens (tertiary/aromatic N) is 3. The molecule has 0 saturated carbocycles. The Labute approximate surface area is 294 Å². The Bertz CT molecular complexity index is 1790. The van der Waals surface area contributed by atoms with Gasteiger partial charge in [0.1, 0.15) is 0 Å². The highest BCUT2D eigenvalue weighted by atomic mass is 16.7. The summed E-state index contributed by atoms with van der Waals surface area (Å²) in [5.41, 5.74) is 6.81. The van der Waals surface area contributed by atoms with Crippen LogP contribution in [0.2, 0.25) is 0 Å². The normalized spacial score (nSPS) is 24.3. The molecule has 50 heavy (non-hydrogen) atoms. The number of imide groups is 1. The molecule has 8 heteroatoms. The van der Waals surface area contributed by atoms with Crippen molar-refractivity contribution >= 4 is 11.8 Å². The van der Waals surface area contributed by atoms with Gasteiger partial charge < -0.3 is 19.5 Å². The number of hydrogen-bond acceptors (Lipinski definition) is 7. The first kappa shape index (κ1) is 33.0. The van der Waals surface area contributed by atoms with Gasteiger partial charge in [0.05, 0.1) is 36.5 Å². The van der Waals surface area contributed by atoms with Gasteiger partial charge in [0.15, 0.2) is 6.29 Å². The maximum atomic E-state index is 13.0. The van der Waals surface area contributed by atoms with Gasteiger partial charge >= 0.3 is 0 Å². The fourth-order valence-electron chi connectivity index (χ4n) is 8.15. The van der Waals surface area contributed by atoms with Crippen molar-refractivity contribution in [3.63, 3.8) is 0 Å². The summed E-state index contributed by atoms with van der Waals surface area (Å²) in [4.78, 5) is 32.5. The lowest BCUT2D eigenvalue weighted by molar-refractivity contribution is -0.253. The molecule has 0 radical (unpaired) electrons. The molecule has 0 unspecified atom stereocenters. The Balaban J connectivity index is 0.985. The van der Waals surface area contributed by atoms with Gasteiger partial charge in [-0.2, -0.15) is 0 Å². The minimum atomic E-state index is -0.509. The van der Waals surface area contributed by atoms with Crippen LogP contribution in [0, 0.1) is 0 Å². The monoisotopic (exact) mass is 671 g/mol. The summed E-state index contributed by atoms with van der Waals surface area (Å²) in [6.07, 6.45) is 5.28. The number of carbonyl (C=O) groups is 2. The van der Waals surface area contributed by atoms with Crippen molar-refractivity contribution in [2.45, 2.75) is 69.8 Å². The van der Waals surface area contributed by atoms with Crippen molar-refractivity contribution in [3.8, 4) is 11.1 Å². The molecular weight excluding hydrogens is 626 g/mol. The molecule has 4 heterocycles. The molecule has 0 aliphatic carbocycles. The van der Waals surface area contributed by atoms with E-state index in [2.05, 4.69) is 46.2 Å². The Morgan fingerprint density at radius 1 is 0.680 bits per heavy atom. The van der Waals surface area contributed by atoms with Crippen LogP contribution in [0.5, 0.6) is 0 Å². The average molecular weight is 672 g/mol. The minimum Gasteiger partial charge on any atom is -0.392 e. The van der Waals surface area contributed by atoms with E-state index in [1.807, 2.05) is 36.4 Å². The summed E-state index contributed by atoms with van der Waals surface area (Å²) >= 11 is 0. The van der Waals surface area contributed by atoms with E-state index in [4.69, 9.17) is 9.47 Å². The smallest absolute Gasteiger partial charge is 0.261 e. The second-order valence-corrected chi connectivity index (χ2v) is 14.2. The number of hydrogen-bond donors (Lipinski definition) is 1. The maximum absolute atomic E-state index is 13.0. The fourth-order valence-corrected chi connectivity index (χ4v) is 8.15. The number of fused-ring (bicyclic) bond motifs is 1. The van der Waals surface area contributed by atoms with E-state index in [1.54, 1.807) is 24.3 Å². The fraction of sp³-hybridized carbons (Fsp3) is 0.381. The molecule has 4 aromatic rings. The second kappa shape index (κ2) is 14.6. The van der Waals surface area contributed by atoms with Crippen molar-refractivity contribution in [1.82, 2.24) is 14.7 Å². The van der Waals surface area contributed by atoms with Gasteiger partial charge in [0.25, 0.3) is 11.8 Å². The van der Waals surface area contributed by atoms with Crippen molar-refractivity contribution in [2.75, 3.05) is 32.7 Å². The van der Waals surface area contributed by atoms with Crippen LogP contribution < -0.4 is 0 Å². The summed E-state index contributed by atoms with van der Waals surface area (Å²) in [6, 6.07) is 32.0. The zero-order chi connectivity index (χ0) is 34.0. The van der Waals surface area contributed by atoms with E-state index in [0.29, 0.717) is 17.2 Å². The van der Waals surface area contributed by atoms with Gasteiger partial charge in [-0.05, 0) is 91.3 Å². The maximum Gasteiger partial charge on any atom is 0.261 e. The number of ether oxygens (including phenoxy) is 2. The molecule has 4 aliphatic rings. The van der Waals surface area contributed by atoms with Crippen molar-refractivity contribution in [3.05, 3.63) is 130 Å². The molecule has 4 aromatic carbocycles. The van der Waals surface area contributed by atoms with E-state index in [-0.39, 0.29) is 37.2 Å². The van der Waals surface area contributed by atoms with E-state index in [1.165, 1.54) is 43.7 Å². The lowest BCUT2D eigenvalue weighted by Crippen LogP contribution is -2.45. The lowest BCUT2D eigenvalue weighted by atomic mass is 9.98. The largest absolute Gasteiger partial charge is 0.392 e. The standard InChI is InChI=1S/C42H45N3O5/c46-28-29-12-14-32(15-13-29)39-24-36(27-44-22-6-9-35(44)26-43-20-3-4-21-43)49-42(50-39)33-18-16-31(17-19-33)34-8-5-7-30(23-34)25-45-40(47)37-10-1-2-11-38(37)41(45)48/h1-2,5,7-8,10-19,23,35-36,39,42,46H,3-4,6,9,20-22,24-28H2/t35-,36+,39-,42-/m0/s1. The number of carbonyl (C=O) groups excluding carboxylic acids is 2. The van der Waals surface area contributed by atoms with Gasteiger partial charge in [0.2, 0.25) is 0 Å². The number of benzene rings is 4. The molecule has 1 N–H and O–H groups in total. The molecule has 4 atom stereocenters. The van der Waals surface area contributed by atoms with E-state index >= 15 is 0 Å². The second-order valence-electron chi connectivity index (χ2n) is 14.2. The zero-order valence-corrected chi connectivity index (χ0v) is 28.5. The summed E-state index contributed by atoms with van der Waals surface area (Å²) in [6.45, 7) is 5.84. The Kier molecular flexibility index (Phi) is 9.62. The third kappa shape index (κ3) is 6.91. The van der Waals surface area contributed by atoms with Crippen LogP contribution in [0.3, 0.4) is 0 Å². The summed E-state index contributed by atoms with van der Waals surface area (Å²) < 4.78 is 13.4. The van der Waals surface area contributed by atoms with Crippen LogP contribution in [-0.4, -0.2) is 76.5 Å². The number of aliphatic hydroxyl groups is 1. The van der Waals surface area contributed by atoms with E-state index in [9.17, 15) is 14.7 Å². The van der Waals surface area contributed by atoms with Crippen molar-refractivity contribution in [1.29, 1.82) is 0 Å². The average Bonchev–Trinajstić information content (AvgIpc) is 3.90. The molecule has 8 rings (SSSR count). The van der Waals surface area contributed by atoms with Crippen molar-refractivity contribution in [2.24, 2.45) is 0 Å². The Morgan fingerprint density at radius 2 is 1.40 bits per heavy atom. The first-order valence-corrected chi connectivity index (χ1v) is 18.1. The van der Waals surface area contributed by atoms with Gasteiger partial charge in [-0.25, -0.2) is 0 Å². The van der Waals surface area contributed by atoms with Gasteiger partial charge in [-0.3, -0.25) is 19.4 Å². The SMILES string of the molecule is O=C1c2ccccc2C(=O)N1Cc1cccc(-c2ccc([C@H]3O[C@@H](CN4CCC[C@H]4CN4CCCC4)C[C@@H](c4ccc(CO)cc4)O3)cc2)c1. The molecular formula is C42H45N3O5. The molecule has 3 saturated heterocycles. The number of rotatable bonds is 10. The van der Waals surface area contributed by atoms with Crippen molar-refractivity contribution < 1.29 is 24.2 Å². The summed E-state index contributed by atoms with van der Waals surface area (Å²) in [5.74, 6) is -0.499. The first-order valence-electron chi connectivity index (χ1n) is 18.1. The summed E-state index contributed by atoms with van der Waals surface area (Å²) in [7, 11) is 0. The highest BCUT2D eigenvalue weighted by Gasteiger charge is 2.37.